The van der Waals surface area contributed by atoms with Crippen molar-refractivity contribution in [3.05, 3.63) is 254 Å². The van der Waals surface area contributed by atoms with Crippen molar-refractivity contribution in [2.24, 2.45) is 0 Å². The summed E-state index contributed by atoms with van der Waals surface area (Å²) in [6, 6.07) is 88.6. The van der Waals surface area contributed by atoms with Crippen molar-refractivity contribution in [3.8, 4) is 33.4 Å². The largest absolute Gasteiger partial charge is 0.310 e. The zero-order chi connectivity index (χ0) is 43.5. The molecular formula is C63H46N2. The van der Waals surface area contributed by atoms with Crippen molar-refractivity contribution < 1.29 is 0 Å². The quantitative estimate of drug-likeness (QED) is 0.141. The van der Waals surface area contributed by atoms with Crippen LogP contribution in [-0.2, 0) is 5.41 Å². The molecule has 0 aliphatic heterocycles. The molecule has 0 unspecified atom stereocenters. The number of nitrogens with zero attached hydrogens (tertiary/aromatic N) is 2. The standard InChI is InChI=1S/C63H46N2/c1-63(2)60-41-48-39-53(64(49-21-11-5-12-22-49)51-32-27-45(28-33-51)43-17-7-3-8-18-43)36-31-47(48)40-59(60)61-56-26-16-15-25-55(56)58-42-54(37-38-57(58)62(61)63)65(50-23-13-6-14-24-50)52-34-29-46(30-35-52)44-19-9-4-10-20-44/h3-42H,1-2H3. The van der Waals surface area contributed by atoms with Gasteiger partial charge in [0, 0.05) is 39.5 Å². The maximum Gasteiger partial charge on any atom is 0.0468 e. The molecule has 1 aliphatic carbocycles. The Morgan fingerprint density at radius 2 is 0.723 bits per heavy atom. The van der Waals surface area contributed by atoms with Crippen molar-refractivity contribution in [2.45, 2.75) is 19.3 Å². The zero-order valence-electron chi connectivity index (χ0n) is 36.5. The second-order valence-corrected chi connectivity index (χ2v) is 17.7. The molecule has 65 heavy (non-hydrogen) atoms. The Bertz CT molecular complexity index is 3530. The number of hydrogen-bond donors (Lipinski definition) is 0. The van der Waals surface area contributed by atoms with Crippen LogP contribution in [0, 0.1) is 0 Å². The highest BCUT2D eigenvalue weighted by Crippen LogP contribution is 2.56. The summed E-state index contributed by atoms with van der Waals surface area (Å²) < 4.78 is 0. The number of anilines is 6. The Morgan fingerprint density at radius 1 is 0.292 bits per heavy atom. The summed E-state index contributed by atoms with van der Waals surface area (Å²) in [6.45, 7) is 4.84. The molecule has 0 saturated carbocycles. The molecule has 0 saturated heterocycles. The molecule has 0 fully saturated rings. The van der Waals surface area contributed by atoms with E-state index in [4.69, 9.17) is 0 Å². The van der Waals surface area contributed by atoms with E-state index >= 15 is 0 Å². The van der Waals surface area contributed by atoms with Gasteiger partial charge in [-0.1, -0.05) is 172 Å². The van der Waals surface area contributed by atoms with Crippen LogP contribution >= 0.6 is 0 Å². The molecular weight excluding hydrogens is 785 g/mol. The molecule has 0 bridgehead atoms. The lowest BCUT2D eigenvalue weighted by Gasteiger charge is -2.28. The molecule has 0 atom stereocenters. The van der Waals surface area contributed by atoms with Gasteiger partial charge in [0.2, 0.25) is 0 Å². The van der Waals surface area contributed by atoms with Crippen LogP contribution in [0.1, 0.15) is 25.0 Å². The van der Waals surface area contributed by atoms with E-state index < -0.39 is 0 Å². The minimum absolute atomic E-state index is 0.253. The minimum Gasteiger partial charge on any atom is -0.310 e. The molecule has 0 aromatic heterocycles. The maximum absolute atomic E-state index is 2.47. The SMILES string of the molecule is CC1(C)c2cc3cc(N(c4ccccc4)c4ccc(-c5ccccc5)cc4)ccc3cc2-c2c1c1ccc(N(c3ccccc3)c3ccc(-c4ccccc4)cc3)cc1c1ccccc21. The van der Waals surface area contributed by atoms with Gasteiger partial charge in [-0.05, 0) is 162 Å². The lowest BCUT2D eigenvalue weighted by Crippen LogP contribution is -2.16. The third-order valence-electron chi connectivity index (χ3n) is 13.5. The van der Waals surface area contributed by atoms with Crippen LogP contribution in [0.3, 0.4) is 0 Å². The molecule has 12 rings (SSSR count). The predicted octanol–water partition coefficient (Wildman–Crippen LogP) is 17.7. The first kappa shape index (κ1) is 38.5. The average molecular weight is 831 g/mol. The van der Waals surface area contributed by atoms with Gasteiger partial charge in [0.25, 0.3) is 0 Å². The molecule has 308 valence electrons. The average Bonchev–Trinajstić information content (AvgIpc) is 3.60. The summed E-state index contributed by atoms with van der Waals surface area (Å²) in [5, 5.41) is 7.60. The van der Waals surface area contributed by atoms with Crippen LogP contribution in [0.15, 0.2) is 243 Å². The monoisotopic (exact) mass is 830 g/mol. The molecule has 2 heteroatoms. The first-order valence-corrected chi connectivity index (χ1v) is 22.6. The molecule has 0 spiro atoms. The summed E-state index contributed by atoms with van der Waals surface area (Å²) in [5.41, 5.74) is 16.8. The zero-order valence-corrected chi connectivity index (χ0v) is 36.5. The van der Waals surface area contributed by atoms with Gasteiger partial charge in [-0.25, -0.2) is 0 Å². The van der Waals surface area contributed by atoms with Crippen LogP contribution in [-0.4, -0.2) is 0 Å². The van der Waals surface area contributed by atoms with Gasteiger partial charge in [-0.2, -0.15) is 0 Å². The first-order chi connectivity index (χ1) is 32.0. The fourth-order valence-corrected chi connectivity index (χ4v) is 10.4. The van der Waals surface area contributed by atoms with E-state index in [1.165, 1.54) is 76.8 Å². The molecule has 11 aromatic carbocycles. The van der Waals surface area contributed by atoms with Crippen LogP contribution in [0.25, 0.3) is 65.7 Å². The lowest BCUT2D eigenvalue weighted by molar-refractivity contribution is 0.667. The molecule has 1 aliphatic rings. The van der Waals surface area contributed by atoms with Crippen LogP contribution in [0.5, 0.6) is 0 Å². The predicted molar refractivity (Wildman–Crippen MR) is 277 cm³/mol. The number of hydrogen-bond acceptors (Lipinski definition) is 2. The van der Waals surface area contributed by atoms with Crippen LogP contribution < -0.4 is 9.80 Å². The van der Waals surface area contributed by atoms with Crippen molar-refractivity contribution >= 4 is 66.4 Å². The highest BCUT2D eigenvalue weighted by Gasteiger charge is 2.39. The Morgan fingerprint density at radius 3 is 1.28 bits per heavy atom. The normalized spacial score (nSPS) is 12.6. The summed E-state index contributed by atoms with van der Waals surface area (Å²) in [7, 11) is 0. The summed E-state index contributed by atoms with van der Waals surface area (Å²) in [6.07, 6.45) is 0. The van der Waals surface area contributed by atoms with Gasteiger partial charge in [-0.3, -0.25) is 0 Å². The smallest absolute Gasteiger partial charge is 0.0468 e. The molecule has 0 heterocycles. The molecule has 0 N–H and O–H groups in total. The fourth-order valence-electron chi connectivity index (χ4n) is 10.4. The van der Waals surface area contributed by atoms with E-state index in [2.05, 4.69) is 266 Å². The number of fused-ring (bicyclic) bond motifs is 9. The molecule has 2 nitrogen and oxygen atoms in total. The number of benzene rings is 11. The van der Waals surface area contributed by atoms with Crippen molar-refractivity contribution in [1.29, 1.82) is 0 Å². The molecule has 0 radical (unpaired) electrons. The third-order valence-corrected chi connectivity index (χ3v) is 13.5. The number of para-hydroxylation sites is 2. The second-order valence-electron chi connectivity index (χ2n) is 17.7. The van der Waals surface area contributed by atoms with Crippen LogP contribution in [0.2, 0.25) is 0 Å². The van der Waals surface area contributed by atoms with Crippen molar-refractivity contribution in [3.63, 3.8) is 0 Å². The van der Waals surface area contributed by atoms with E-state index in [1.54, 1.807) is 0 Å². The fraction of sp³-hybridized carbons (Fsp3) is 0.0476. The van der Waals surface area contributed by atoms with Gasteiger partial charge in [-0.15, -0.1) is 0 Å². The van der Waals surface area contributed by atoms with Gasteiger partial charge in [0.1, 0.15) is 0 Å². The molecule has 11 aromatic rings. The van der Waals surface area contributed by atoms with E-state index in [1.807, 2.05) is 0 Å². The van der Waals surface area contributed by atoms with Crippen molar-refractivity contribution in [2.75, 3.05) is 9.80 Å². The second kappa shape index (κ2) is 15.6. The van der Waals surface area contributed by atoms with Gasteiger partial charge in [0.05, 0.1) is 0 Å². The Hall–Kier alpha value is -8.20. The van der Waals surface area contributed by atoms with E-state index in [-0.39, 0.29) is 5.41 Å². The Kier molecular flexibility index (Phi) is 9.21. The lowest BCUT2D eigenvalue weighted by atomic mass is 9.79. The summed E-state index contributed by atoms with van der Waals surface area (Å²) in [5.74, 6) is 0. The van der Waals surface area contributed by atoms with Gasteiger partial charge >= 0.3 is 0 Å². The van der Waals surface area contributed by atoms with Gasteiger partial charge in [0.15, 0.2) is 0 Å². The summed E-state index contributed by atoms with van der Waals surface area (Å²) >= 11 is 0. The summed E-state index contributed by atoms with van der Waals surface area (Å²) in [4.78, 5) is 4.76. The minimum atomic E-state index is -0.253. The van der Waals surface area contributed by atoms with Gasteiger partial charge < -0.3 is 9.80 Å². The molecule has 0 amide bonds. The van der Waals surface area contributed by atoms with Crippen molar-refractivity contribution in [1.82, 2.24) is 0 Å². The van der Waals surface area contributed by atoms with E-state index in [0.717, 1.165) is 34.1 Å². The van der Waals surface area contributed by atoms with E-state index in [0.29, 0.717) is 0 Å². The first-order valence-electron chi connectivity index (χ1n) is 22.6. The van der Waals surface area contributed by atoms with E-state index in [9.17, 15) is 0 Å². The Labute approximate surface area is 380 Å². The highest BCUT2D eigenvalue weighted by atomic mass is 15.1. The number of rotatable bonds is 8. The topological polar surface area (TPSA) is 6.48 Å². The Balaban J connectivity index is 0.981. The van der Waals surface area contributed by atoms with Crippen LogP contribution in [0.4, 0.5) is 34.1 Å². The highest BCUT2D eigenvalue weighted by molar-refractivity contribution is 6.19. The third kappa shape index (κ3) is 6.57. The maximum atomic E-state index is 2.47.